The maximum atomic E-state index is 15.0. The molecule has 27 aliphatic rings. The van der Waals surface area contributed by atoms with Gasteiger partial charge in [0, 0.05) is 24.5 Å². The van der Waals surface area contributed by atoms with Crippen LogP contribution in [-0.4, -0.2) is 398 Å². The van der Waals surface area contributed by atoms with E-state index in [1.54, 1.807) is 19.9 Å². The van der Waals surface area contributed by atoms with Crippen LogP contribution in [0.2, 0.25) is 0 Å². The molecule has 818 valence electrons. The van der Waals surface area contributed by atoms with Gasteiger partial charge in [-0.25, -0.2) is 9.48 Å². The summed E-state index contributed by atoms with van der Waals surface area (Å²) in [6, 6.07) is 7.51. The second-order valence-electron chi connectivity index (χ2n) is 42.5. The SMILES string of the molecule is CC(C)[C@H](NC(=O)[C@H](N)CCCCNC(=O)COC1CCCCCc2c1nnn2CC1OC2OC3C(CO)OC(OC4C(CO)OC(OC5C(CO)OC(OC6C(CO)OC(OC7C(O)C(O)C(OC1C(O)C2O)O[C@@H]7CO)C(O)C6O)C(O)C5O)C(O)C4O)C(O)C3O)C(=O)N[C@@H](CCCNC(N)=O)C(=O)Nc1ccc2c(c1)[C@@]1(C)CCC[C@](C)(C(=O)NC(=O)[C@@]3(C)CCC[C@]4(C)c5cc(N)ccc5CCC34)C1CC2. The van der Waals surface area contributed by atoms with Crippen LogP contribution in [0.4, 0.5) is 16.2 Å². The number of nitrogens with two attached hydrogens (primary N) is 3. The lowest BCUT2D eigenvalue weighted by Gasteiger charge is -2.56. The van der Waals surface area contributed by atoms with Crippen molar-refractivity contribution in [2.24, 2.45) is 40.1 Å². The van der Waals surface area contributed by atoms with Gasteiger partial charge in [0.2, 0.25) is 35.4 Å². The minimum Gasteiger partial charge on any atom is -0.399 e. The molecular formula is C97H148N12O37. The van der Waals surface area contributed by atoms with E-state index in [1.165, 1.54) is 15.8 Å². The third kappa shape index (κ3) is 23.3. The maximum Gasteiger partial charge on any atom is 0.312 e. The van der Waals surface area contributed by atoms with E-state index < -0.39 is 306 Å². The normalized spacial score (nSPS) is 40.0. The van der Waals surface area contributed by atoms with Gasteiger partial charge >= 0.3 is 6.03 Å². The smallest absolute Gasteiger partial charge is 0.312 e. The lowest BCUT2D eigenvalue weighted by atomic mass is 9.49. The summed E-state index contributed by atoms with van der Waals surface area (Å²) in [5, 5.41) is 221. The van der Waals surface area contributed by atoms with Crippen molar-refractivity contribution >= 4 is 52.8 Å². The number of aliphatic hydroxyl groups is 17. The maximum absolute atomic E-state index is 15.0. The Morgan fingerprint density at radius 3 is 1.33 bits per heavy atom. The number of primary amides is 1. The van der Waals surface area contributed by atoms with Crippen molar-refractivity contribution in [1.82, 2.24) is 41.6 Å². The molecule has 23 heterocycles. The van der Waals surface area contributed by atoms with Crippen LogP contribution in [0.25, 0.3) is 0 Å². The van der Waals surface area contributed by atoms with Gasteiger partial charge in [-0.3, -0.25) is 34.1 Å². The van der Waals surface area contributed by atoms with E-state index in [-0.39, 0.29) is 73.5 Å². The number of amides is 8. The first-order valence-corrected chi connectivity index (χ1v) is 51.0. The van der Waals surface area contributed by atoms with Gasteiger partial charge in [-0.1, -0.05) is 84.6 Å². The minimum atomic E-state index is -2.27. The number of rotatable bonds is 28. The van der Waals surface area contributed by atoms with E-state index in [4.69, 9.17) is 78.8 Å². The molecule has 2 aromatic carbocycles. The first-order valence-electron chi connectivity index (χ1n) is 51.0. The van der Waals surface area contributed by atoms with Gasteiger partial charge < -0.3 is 192 Å². The summed E-state index contributed by atoms with van der Waals surface area (Å²) >= 11 is 0. The van der Waals surface area contributed by atoms with Crippen LogP contribution >= 0.6 is 0 Å². The molecule has 8 amide bonds. The molecule has 24 fully saturated rings. The van der Waals surface area contributed by atoms with Gasteiger partial charge in [0.15, 0.2) is 37.7 Å². The van der Waals surface area contributed by atoms with Crippen LogP contribution in [0.5, 0.6) is 0 Å². The summed E-state index contributed by atoms with van der Waals surface area (Å²) in [6.07, 6.45) is -51.3. The number of nitrogens with one attached hydrogen (secondary N) is 6. The molecule has 146 heavy (non-hydrogen) atoms. The summed E-state index contributed by atoms with van der Waals surface area (Å²) in [4.78, 5) is 98.5. The molecule has 29 N–H and O–H groups in total. The third-order valence-corrected chi connectivity index (χ3v) is 32.5. The fraction of sp³-hybridized carbons (Fsp3) is 0.784. The molecule has 1 aromatic heterocycles. The van der Waals surface area contributed by atoms with Gasteiger partial charge in [-0.15, -0.1) is 5.10 Å². The number of aromatic nitrogens is 3. The zero-order chi connectivity index (χ0) is 105. The van der Waals surface area contributed by atoms with Crippen molar-refractivity contribution in [2.75, 3.05) is 63.8 Å². The predicted octanol–water partition coefficient (Wildman–Crippen LogP) is -6.31. The first kappa shape index (κ1) is 113. The number of carbonyl (C=O) groups excluding carboxylic acids is 7. The molecule has 22 saturated heterocycles. The van der Waals surface area contributed by atoms with Crippen LogP contribution in [0, 0.1) is 28.6 Å². The molecular weight excluding hydrogens is 1930 g/mol. The molecule has 49 heteroatoms. The lowest BCUT2D eigenvalue weighted by Crippen LogP contribution is -2.69. The number of aryl methyl sites for hydroxylation is 2. The highest BCUT2D eigenvalue weighted by atomic mass is 16.8. The Balaban J connectivity index is 0.571. The highest BCUT2D eigenvalue weighted by Crippen LogP contribution is 2.61. The molecule has 2 saturated carbocycles. The highest BCUT2D eigenvalue weighted by Gasteiger charge is 2.63. The van der Waals surface area contributed by atoms with E-state index in [0.717, 1.165) is 43.2 Å². The third-order valence-electron chi connectivity index (χ3n) is 32.5. The van der Waals surface area contributed by atoms with Crippen LogP contribution < -0.4 is 49.1 Å². The number of unbranched alkanes of at least 4 members (excludes halogenated alkanes) is 1. The van der Waals surface area contributed by atoms with E-state index in [0.29, 0.717) is 87.7 Å². The summed E-state index contributed by atoms with van der Waals surface area (Å²) in [5.74, 6) is -3.69. The van der Waals surface area contributed by atoms with Crippen molar-refractivity contribution < 1.29 is 182 Å². The number of hydrogen-bond donors (Lipinski definition) is 26. The van der Waals surface area contributed by atoms with Crippen molar-refractivity contribution in [2.45, 2.75) is 396 Å². The van der Waals surface area contributed by atoms with E-state index >= 15 is 4.79 Å². The number of nitrogens with zero attached hydrogens (tertiary/aromatic N) is 3. The zero-order valence-electron chi connectivity index (χ0n) is 82.7. The second-order valence-corrected chi connectivity index (χ2v) is 42.5. The number of benzene rings is 2. The van der Waals surface area contributed by atoms with Crippen LogP contribution in [0.15, 0.2) is 36.4 Å². The van der Waals surface area contributed by atoms with Crippen LogP contribution in [0.1, 0.15) is 190 Å². The van der Waals surface area contributed by atoms with E-state index in [9.17, 15) is 116 Å². The summed E-state index contributed by atoms with van der Waals surface area (Å²) in [6.45, 7) is 5.70. The molecule has 49 nitrogen and oxygen atoms in total. The standard InChI is InChI=1S/C97H148N12O37/c1-42(2)62(84(130)104-50(16-12-32-102-93(100)133)83(129)103-46-24-20-44-22-26-60-95(4,48(44)34-46)28-14-30-97(60,6)92(132)106-91(131)96(5)29-13-27-94(3)47-33-45(98)23-19-43(47)21-25-59(94)96)105-82(128)49(99)15-10-11-31-101-61(115)41-134-52-18-9-7-8-17-51-63(52)107-108-109(51)35-53-76-64(116)70(122)85(135-53)142-77-54(36-110)137-87(72(124)66(77)118)144-79-56(38-112)139-89(74(126)68(79)120)146-81-58(40-114)140-90(75(127)69(81)121)145-80-57(39-113)138-88(73(125)67(80)119)143-78-55(37-111)136-86(141-76)71(123)65(78)117/h19-20,23-24,33-34,42,49-50,52-60,62,64-81,85-90,110-114,116-127H,7-18,21-22,25-32,35-41,98-99H2,1-6H3,(H,101,115)(H,103,129)(H,104,130)(H,105,128)(H3,100,102,133)(H,106,131,132)/t49-,50+,52?,53?,54?,55-,56?,57?,58?,59?,60?,62+,64?,65?,66?,67?,68?,69?,70?,71?,72?,73?,74?,75?,76?,77?,78?,79?,80?,81?,85?,86?,87?,88?,89?,90?,94-,95-,96+,97+/m1/s1. The molecule has 0 spiro atoms. The Kier molecular flexibility index (Phi) is 36.8. The first-order chi connectivity index (χ1) is 69.5. The lowest BCUT2D eigenvalue weighted by molar-refractivity contribution is -0.403. The van der Waals surface area contributed by atoms with Crippen molar-refractivity contribution in [3.63, 3.8) is 0 Å². The highest BCUT2D eigenvalue weighted by molar-refractivity contribution is 6.01. The molecule has 5 aliphatic carbocycles. The molecule has 22 aliphatic heterocycles. The van der Waals surface area contributed by atoms with Crippen LogP contribution in [-0.2, 0) is 127 Å². The molecule has 40 atom stereocenters. The number of aliphatic hydroxyl groups excluding tert-OH is 17. The second kappa shape index (κ2) is 47.8. The largest absolute Gasteiger partial charge is 0.399 e. The fourth-order valence-corrected chi connectivity index (χ4v) is 24.3. The number of hydrogen-bond acceptors (Lipinski definition) is 41. The van der Waals surface area contributed by atoms with Gasteiger partial charge in [-0.2, -0.15) is 0 Å². The monoisotopic (exact) mass is 2070 g/mol. The summed E-state index contributed by atoms with van der Waals surface area (Å²) in [5.41, 5.74) is 22.0. The molecule has 32 unspecified atom stereocenters. The Bertz CT molecular complexity index is 4950. The Labute approximate surface area is 842 Å². The van der Waals surface area contributed by atoms with Gasteiger partial charge in [0.1, 0.15) is 177 Å². The number of carbonyl (C=O) groups is 7. The molecule has 0 radical (unpaired) electrons. The molecule has 3 aromatic rings. The average Bonchev–Trinajstić information content (AvgIpc) is 0.753. The van der Waals surface area contributed by atoms with Crippen molar-refractivity contribution in [3.8, 4) is 0 Å². The number of fused-ring (bicyclic) bond motifs is 7. The number of imide groups is 1. The van der Waals surface area contributed by atoms with E-state index in [1.807, 2.05) is 32.0 Å². The number of nitrogen functional groups attached to an aromatic ring is 1. The topological polar surface area (TPSA) is 764 Å². The number of urea groups is 1. The van der Waals surface area contributed by atoms with Gasteiger partial charge in [0.05, 0.1) is 62.1 Å². The number of anilines is 2. The summed E-state index contributed by atoms with van der Waals surface area (Å²) < 4.78 is 79.1. The quantitative estimate of drug-likeness (QED) is 0.0183. The predicted molar refractivity (Wildman–Crippen MR) is 501 cm³/mol. The van der Waals surface area contributed by atoms with Gasteiger partial charge in [-0.05, 0) is 178 Å². The molecule has 30 rings (SSSR count). The Morgan fingerprint density at radius 1 is 0.466 bits per heavy atom. The van der Waals surface area contributed by atoms with Gasteiger partial charge in [0.25, 0.3) is 0 Å². The zero-order valence-corrected chi connectivity index (χ0v) is 82.7. The average molecular weight is 2070 g/mol. The fourth-order valence-electron chi connectivity index (χ4n) is 24.3. The minimum absolute atomic E-state index is 0.00587. The van der Waals surface area contributed by atoms with E-state index in [2.05, 4.69) is 68.2 Å². The number of ether oxygens (including phenoxy) is 13. The summed E-state index contributed by atoms with van der Waals surface area (Å²) in [7, 11) is 0. The van der Waals surface area contributed by atoms with Crippen molar-refractivity contribution in [3.05, 3.63) is 70.0 Å². The van der Waals surface area contributed by atoms with Crippen molar-refractivity contribution in [1.29, 1.82) is 0 Å². The van der Waals surface area contributed by atoms with Crippen LogP contribution in [0.3, 0.4) is 0 Å². The Hall–Kier alpha value is -7.57. The molecule has 12 bridgehead atoms. The Morgan fingerprint density at radius 2 is 0.890 bits per heavy atom.